The number of benzene rings is 1. The lowest BCUT2D eigenvalue weighted by molar-refractivity contribution is 0.0698. The molecule has 0 N–H and O–H groups in total. The van der Waals surface area contributed by atoms with Crippen molar-refractivity contribution in [1.82, 2.24) is 29.2 Å². The predicted octanol–water partition coefficient (Wildman–Crippen LogP) is 2.24. The summed E-state index contributed by atoms with van der Waals surface area (Å²) < 4.78 is 3.95. The van der Waals surface area contributed by atoms with Crippen LogP contribution in [0.5, 0.6) is 0 Å². The molecule has 0 saturated heterocycles. The van der Waals surface area contributed by atoms with Gasteiger partial charge in [-0.25, -0.2) is 4.98 Å². The van der Waals surface area contributed by atoms with Gasteiger partial charge < -0.3 is 9.47 Å². The minimum Gasteiger partial charge on any atom is -0.328 e. The van der Waals surface area contributed by atoms with Crippen LogP contribution in [-0.4, -0.2) is 41.7 Å². The smallest absolute Gasteiger partial charge is 0.272 e. The van der Waals surface area contributed by atoms with Crippen LogP contribution in [0.2, 0.25) is 0 Å². The third-order valence-electron chi connectivity index (χ3n) is 4.48. The fraction of sp³-hybridized carbons (Fsp3) is 0.333. The minimum absolute atomic E-state index is 0.0401. The molecule has 7 heteroatoms. The van der Waals surface area contributed by atoms with Crippen molar-refractivity contribution in [3.63, 3.8) is 0 Å². The third kappa shape index (κ3) is 2.71. The second-order valence-electron chi connectivity index (χ2n) is 6.49. The van der Waals surface area contributed by atoms with Gasteiger partial charge in [-0.1, -0.05) is 32.0 Å². The van der Waals surface area contributed by atoms with Crippen LogP contribution in [0.15, 0.2) is 42.9 Å². The first kappa shape index (κ1) is 15.6. The van der Waals surface area contributed by atoms with E-state index in [-0.39, 0.29) is 5.91 Å². The Labute approximate surface area is 145 Å². The van der Waals surface area contributed by atoms with E-state index in [4.69, 9.17) is 0 Å². The Bertz CT molecular complexity index is 895. The van der Waals surface area contributed by atoms with Crippen LogP contribution >= 0.6 is 0 Å². The largest absolute Gasteiger partial charge is 0.328 e. The molecule has 0 radical (unpaired) electrons. The maximum absolute atomic E-state index is 13.0. The molecular weight excluding hydrogens is 316 g/mol. The fourth-order valence-electron chi connectivity index (χ4n) is 3.19. The first-order valence-electron chi connectivity index (χ1n) is 8.44. The molecule has 3 heterocycles. The molecule has 7 nitrogen and oxygen atoms in total. The van der Waals surface area contributed by atoms with E-state index in [0.29, 0.717) is 24.7 Å². The number of hydrogen-bond donors (Lipinski definition) is 0. The van der Waals surface area contributed by atoms with E-state index < -0.39 is 0 Å². The Balaban J connectivity index is 1.60. The van der Waals surface area contributed by atoms with Gasteiger partial charge in [0.05, 0.1) is 19.1 Å². The van der Waals surface area contributed by atoms with Crippen molar-refractivity contribution in [2.45, 2.75) is 32.9 Å². The van der Waals surface area contributed by atoms with Crippen LogP contribution in [0.3, 0.4) is 0 Å². The van der Waals surface area contributed by atoms with Crippen LogP contribution < -0.4 is 0 Å². The number of carbonyl (C=O) groups excluding carboxylic acids is 1. The van der Waals surface area contributed by atoms with Gasteiger partial charge in [0, 0.05) is 24.7 Å². The molecule has 4 rings (SSSR count). The summed E-state index contributed by atoms with van der Waals surface area (Å²) in [5, 5.41) is 8.55. The average Bonchev–Trinajstić information content (AvgIpc) is 3.28. The van der Waals surface area contributed by atoms with Crippen molar-refractivity contribution in [3.8, 4) is 5.69 Å². The zero-order chi connectivity index (χ0) is 17.4. The lowest BCUT2D eigenvalue weighted by Gasteiger charge is -2.28. The van der Waals surface area contributed by atoms with Crippen LogP contribution in [0.25, 0.3) is 5.69 Å². The maximum Gasteiger partial charge on any atom is 0.272 e. The van der Waals surface area contributed by atoms with Crippen molar-refractivity contribution in [2.75, 3.05) is 6.54 Å². The molecule has 25 heavy (non-hydrogen) atoms. The Morgan fingerprint density at radius 1 is 1.12 bits per heavy atom. The number of fused-ring (bicyclic) bond motifs is 1. The van der Waals surface area contributed by atoms with E-state index in [1.54, 1.807) is 12.5 Å². The highest BCUT2D eigenvalue weighted by atomic mass is 16.2. The molecular formula is C18H20N6O. The number of amides is 1. The van der Waals surface area contributed by atoms with Crippen LogP contribution in [0.4, 0.5) is 0 Å². The van der Waals surface area contributed by atoms with E-state index in [0.717, 1.165) is 23.9 Å². The average molecular weight is 336 g/mol. The standard InChI is InChI=1S/C18H20N6O/c1-13(2)17-21-20-16-11-22(8-9-23(16)17)18(25)15-10-19-12-24(15)14-6-4-3-5-7-14/h3-7,10,12-13H,8-9,11H2,1-2H3. The number of carbonyl (C=O) groups is 1. The maximum atomic E-state index is 13.0. The minimum atomic E-state index is -0.0401. The first-order chi connectivity index (χ1) is 12.1. The molecule has 0 atom stereocenters. The van der Waals surface area contributed by atoms with Gasteiger partial charge in [-0.05, 0) is 12.1 Å². The molecule has 3 aromatic rings. The second-order valence-corrected chi connectivity index (χ2v) is 6.49. The molecule has 0 saturated carbocycles. The lowest BCUT2D eigenvalue weighted by atomic mass is 10.2. The number of hydrogen-bond acceptors (Lipinski definition) is 4. The van der Waals surface area contributed by atoms with E-state index in [1.807, 2.05) is 39.8 Å². The van der Waals surface area contributed by atoms with Crippen molar-refractivity contribution >= 4 is 5.91 Å². The van der Waals surface area contributed by atoms with Crippen molar-refractivity contribution in [2.24, 2.45) is 0 Å². The lowest BCUT2D eigenvalue weighted by Crippen LogP contribution is -2.39. The topological polar surface area (TPSA) is 68.8 Å². The van der Waals surface area contributed by atoms with Gasteiger partial charge in [0.2, 0.25) is 0 Å². The van der Waals surface area contributed by atoms with Crippen LogP contribution in [-0.2, 0) is 13.1 Å². The van der Waals surface area contributed by atoms with E-state index in [2.05, 4.69) is 33.6 Å². The normalized spacial score (nSPS) is 14.0. The summed E-state index contributed by atoms with van der Waals surface area (Å²) in [4.78, 5) is 19.0. The molecule has 1 aromatic carbocycles. The molecule has 0 aliphatic carbocycles. The summed E-state index contributed by atoms with van der Waals surface area (Å²) >= 11 is 0. The van der Waals surface area contributed by atoms with E-state index in [9.17, 15) is 4.79 Å². The Hall–Kier alpha value is -2.96. The van der Waals surface area contributed by atoms with Gasteiger partial charge in [-0.2, -0.15) is 0 Å². The summed E-state index contributed by atoms with van der Waals surface area (Å²) in [5.41, 5.74) is 1.48. The van der Waals surface area contributed by atoms with Crippen LogP contribution in [0, 0.1) is 0 Å². The molecule has 0 unspecified atom stereocenters. The van der Waals surface area contributed by atoms with E-state index >= 15 is 0 Å². The second kappa shape index (κ2) is 6.16. The van der Waals surface area contributed by atoms with Gasteiger partial charge in [0.15, 0.2) is 5.82 Å². The molecule has 0 spiro atoms. The summed E-state index contributed by atoms with van der Waals surface area (Å²) in [6.45, 7) is 6.05. The van der Waals surface area contributed by atoms with Gasteiger partial charge >= 0.3 is 0 Å². The Morgan fingerprint density at radius 2 is 1.92 bits per heavy atom. The predicted molar refractivity (Wildman–Crippen MR) is 92.4 cm³/mol. The summed E-state index contributed by atoms with van der Waals surface area (Å²) in [7, 11) is 0. The fourth-order valence-corrected chi connectivity index (χ4v) is 3.19. The summed E-state index contributed by atoms with van der Waals surface area (Å²) in [6.07, 6.45) is 3.29. The van der Waals surface area contributed by atoms with Gasteiger partial charge in [-0.15, -0.1) is 10.2 Å². The highest BCUT2D eigenvalue weighted by Gasteiger charge is 2.27. The highest BCUT2D eigenvalue weighted by molar-refractivity contribution is 5.93. The highest BCUT2D eigenvalue weighted by Crippen LogP contribution is 2.20. The molecule has 128 valence electrons. The Morgan fingerprint density at radius 3 is 2.68 bits per heavy atom. The Kier molecular flexibility index (Phi) is 3.83. The molecule has 0 bridgehead atoms. The third-order valence-corrected chi connectivity index (χ3v) is 4.48. The SMILES string of the molecule is CC(C)c1nnc2n1CCN(C(=O)c1cncn1-c1ccccc1)C2. The number of rotatable bonds is 3. The molecule has 0 fully saturated rings. The number of nitrogens with zero attached hydrogens (tertiary/aromatic N) is 6. The van der Waals surface area contributed by atoms with E-state index in [1.165, 1.54) is 0 Å². The zero-order valence-corrected chi connectivity index (χ0v) is 14.3. The first-order valence-corrected chi connectivity index (χ1v) is 8.44. The molecule has 1 aliphatic rings. The quantitative estimate of drug-likeness (QED) is 0.735. The zero-order valence-electron chi connectivity index (χ0n) is 14.3. The van der Waals surface area contributed by atoms with Crippen LogP contribution in [0.1, 0.15) is 41.9 Å². The molecule has 1 amide bonds. The van der Waals surface area contributed by atoms with Gasteiger partial charge in [-0.3, -0.25) is 9.36 Å². The molecule has 2 aromatic heterocycles. The number of aromatic nitrogens is 5. The van der Waals surface area contributed by atoms with Crippen molar-refractivity contribution < 1.29 is 4.79 Å². The van der Waals surface area contributed by atoms with Gasteiger partial charge in [0.25, 0.3) is 5.91 Å². The molecule has 1 aliphatic heterocycles. The summed E-state index contributed by atoms with van der Waals surface area (Å²) in [6, 6.07) is 9.76. The van der Waals surface area contributed by atoms with Gasteiger partial charge in [0.1, 0.15) is 11.5 Å². The summed E-state index contributed by atoms with van der Waals surface area (Å²) in [5.74, 6) is 2.11. The number of para-hydroxylation sites is 1. The van der Waals surface area contributed by atoms with Crippen molar-refractivity contribution in [3.05, 3.63) is 60.2 Å². The monoisotopic (exact) mass is 336 g/mol. The number of imidazole rings is 1. The van der Waals surface area contributed by atoms with Crippen molar-refractivity contribution in [1.29, 1.82) is 0 Å².